The molecular formula is C23H18ClFN4O. The van der Waals surface area contributed by atoms with Crippen molar-refractivity contribution in [1.29, 1.82) is 0 Å². The van der Waals surface area contributed by atoms with Crippen molar-refractivity contribution in [2.24, 2.45) is 0 Å². The minimum atomic E-state index is -0.312. The molecule has 2 N–H and O–H groups in total. The number of para-hydroxylation sites is 1. The third-order valence-electron chi connectivity index (χ3n) is 5.77. The maximum atomic E-state index is 14.1. The van der Waals surface area contributed by atoms with Crippen LogP contribution in [0, 0.1) is 5.82 Å². The lowest BCUT2D eigenvalue weighted by Gasteiger charge is -2.40. The molecule has 1 saturated carbocycles. The van der Waals surface area contributed by atoms with Crippen molar-refractivity contribution in [2.75, 3.05) is 5.32 Å². The summed E-state index contributed by atoms with van der Waals surface area (Å²) in [5, 5.41) is 3.29. The monoisotopic (exact) mass is 420 g/mol. The summed E-state index contributed by atoms with van der Waals surface area (Å²) in [5.74, 6) is 0.627. The lowest BCUT2D eigenvalue weighted by atomic mass is 9.64. The normalized spacial score (nSPS) is 15.0. The maximum absolute atomic E-state index is 14.1. The Kier molecular flexibility index (Phi) is 4.51. The molecule has 2 aromatic heterocycles. The number of amides is 1. The van der Waals surface area contributed by atoms with Gasteiger partial charge in [-0.2, -0.15) is 0 Å². The molecule has 150 valence electrons. The van der Waals surface area contributed by atoms with E-state index >= 15 is 0 Å². The van der Waals surface area contributed by atoms with Crippen molar-refractivity contribution in [3.63, 3.8) is 0 Å². The van der Waals surface area contributed by atoms with Gasteiger partial charge in [0.2, 0.25) is 0 Å². The van der Waals surface area contributed by atoms with Gasteiger partial charge in [0.05, 0.1) is 10.9 Å². The van der Waals surface area contributed by atoms with E-state index in [1.807, 2.05) is 6.07 Å². The minimum absolute atomic E-state index is 0.274. The molecule has 4 aromatic rings. The van der Waals surface area contributed by atoms with Gasteiger partial charge in [0.1, 0.15) is 23.0 Å². The molecule has 7 heteroatoms. The highest BCUT2D eigenvalue weighted by Gasteiger charge is 2.43. The minimum Gasteiger partial charge on any atom is -0.339 e. The molecule has 5 rings (SSSR count). The summed E-state index contributed by atoms with van der Waals surface area (Å²) in [6.07, 6.45) is 4.64. The van der Waals surface area contributed by atoms with E-state index in [1.165, 1.54) is 6.07 Å². The Balaban J connectivity index is 1.42. The van der Waals surface area contributed by atoms with E-state index in [1.54, 1.807) is 48.7 Å². The Morgan fingerprint density at radius 3 is 2.63 bits per heavy atom. The first-order valence-corrected chi connectivity index (χ1v) is 10.1. The fourth-order valence-electron chi connectivity index (χ4n) is 3.98. The molecule has 2 heterocycles. The van der Waals surface area contributed by atoms with Gasteiger partial charge in [0.25, 0.3) is 5.91 Å². The molecule has 0 radical (unpaired) electrons. The van der Waals surface area contributed by atoms with Crippen LogP contribution in [0.3, 0.4) is 0 Å². The van der Waals surface area contributed by atoms with Crippen LogP contribution < -0.4 is 5.32 Å². The zero-order chi connectivity index (χ0) is 20.7. The number of fused-ring (bicyclic) bond motifs is 1. The summed E-state index contributed by atoms with van der Waals surface area (Å²) >= 11 is 5.95. The van der Waals surface area contributed by atoms with Crippen molar-refractivity contribution >= 4 is 34.4 Å². The first-order valence-electron chi connectivity index (χ1n) is 9.73. The summed E-state index contributed by atoms with van der Waals surface area (Å²) in [6.45, 7) is 0. The van der Waals surface area contributed by atoms with Gasteiger partial charge in [-0.3, -0.25) is 4.79 Å². The number of aromatic amines is 1. The Labute approximate surface area is 177 Å². The third-order valence-corrected chi connectivity index (χ3v) is 6.01. The van der Waals surface area contributed by atoms with Crippen LogP contribution in [-0.4, -0.2) is 20.9 Å². The van der Waals surface area contributed by atoms with Gasteiger partial charge >= 0.3 is 0 Å². The highest BCUT2D eigenvalue weighted by Crippen LogP contribution is 2.48. The fraction of sp³-hybridized carbons (Fsp3) is 0.174. The van der Waals surface area contributed by atoms with E-state index < -0.39 is 0 Å². The number of anilines is 1. The quantitative estimate of drug-likeness (QED) is 0.459. The average Bonchev–Trinajstić information content (AvgIpc) is 3.14. The molecule has 0 aliphatic heterocycles. The number of rotatable bonds is 4. The number of hydrogen-bond acceptors (Lipinski definition) is 3. The number of nitrogens with one attached hydrogen (secondary N) is 2. The van der Waals surface area contributed by atoms with Gasteiger partial charge in [-0.15, -0.1) is 0 Å². The van der Waals surface area contributed by atoms with Crippen molar-refractivity contribution in [1.82, 2.24) is 15.0 Å². The van der Waals surface area contributed by atoms with Crippen LogP contribution in [0.4, 0.5) is 10.2 Å². The van der Waals surface area contributed by atoms with Crippen LogP contribution in [-0.2, 0) is 5.41 Å². The molecule has 1 aliphatic rings. The standard InChI is InChI=1S/C23H18ClFN4O/c24-16-5-1-4-14(12-16)21(30)28-19-9-8-15(13-26-19)23(10-3-11-23)22-27-18-7-2-6-17(25)20(18)29-22/h1-2,4-9,12-13H,3,10-11H2,(H,27,29)(H,26,28,30). The topological polar surface area (TPSA) is 70.7 Å². The third kappa shape index (κ3) is 3.13. The summed E-state index contributed by atoms with van der Waals surface area (Å²) in [7, 11) is 0. The lowest BCUT2D eigenvalue weighted by Crippen LogP contribution is -2.36. The Morgan fingerprint density at radius 1 is 1.13 bits per heavy atom. The number of carbonyl (C=O) groups is 1. The molecule has 1 aliphatic carbocycles. The Morgan fingerprint density at radius 2 is 1.97 bits per heavy atom. The van der Waals surface area contributed by atoms with Crippen LogP contribution >= 0.6 is 11.6 Å². The Bertz CT molecular complexity index is 1250. The van der Waals surface area contributed by atoms with Crippen molar-refractivity contribution in [2.45, 2.75) is 24.7 Å². The molecule has 5 nitrogen and oxygen atoms in total. The zero-order valence-electron chi connectivity index (χ0n) is 16.0. The summed E-state index contributed by atoms with van der Waals surface area (Å²) in [4.78, 5) is 24.7. The lowest BCUT2D eigenvalue weighted by molar-refractivity contribution is 0.102. The number of nitrogens with zero attached hydrogens (tertiary/aromatic N) is 2. The summed E-state index contributed by atoms with van der Waals surface area (Å²) < 4.78 is 14.1. The number of halogens is 2. The van der Waals surface area contributed by atoms with E-state index in [9.17, 15) is 9.18 Å². The highest BCUT2D eigenvalue weighted by molar-refractivity contribution is 6.31. The first-order chi connectivity index (χ1) is 14.5. The average molecular weight is 421 g/mol. The van der Waals surface area contributed by atoms with E-state index in [0.29, 0.717) is 27.4 Å². The van der Waals surface area contributed by atoms with Crippen LogP contribution in [0.5, 0.6) is 0 Å². The van der Waals surface area contributed by atoms with Crippen LogP contribution in [0.2, 0.25) is 5.02 Å². The number of imidazole rings is 1. The summed E-state index contributed by atoms with van der Waals surface area (Å²) in [5.41, 5.74) is 2.20. The number of pyridine rings is 1. The highest BCUT2D eigenvalue weighted by atomic mass is 35.5. The number of hydrogen-bond donors (Lipinski definition) is 2. The molecule has 0 unspecified atom stereocenters. The molecule has 30 heavy (non-hydrogen) atoms. The molecule has 0 atom stereocenters. The van der Waals surface area contributed by atoms with Gasteiger partial charge in [0.15, 0.2) is 0 Å². The van der Waals surface area contributed by atoms with Crippen LogP contribution in [0.15, 0.2) is 60.8 Å². The van der Waals surface area contributed by atoms with Gasteiger partial charge in [-0.25, -0.2) is 14.4 Å². The molecule has 1 amide bonds. The molecular weight excluding hydrogens is 403 g/mol. The first kappa shape index (κ1) is 18.8. The van der Waals surface area contributed by atoms with Gasteiger partial charge < -0.3 is 10.3 Å². The maximum Gasteiger partial charge on any atom is 0.256 e. The van der Waals surface area contributed by atoms with Gasteiger partial charge in [0, 0.05) is 16.8 Å². The van der Waals surface area contributed by atoms with Crippen LogP contribution in [0.25, 0.3) is 11.0 Å². The largest absolute Gasteiger partial charge is 0.339 e. The zero-order valence-corrected chi connectivity index (χ0v) is 16.7. The second-order valence-corrected chi connectivity index (χ2v) is 7.99. The van der Waals surface area contributed by atoms with E-state index in [-0.39, 0.29) is 17.1 Å². The van der Waals surface area contributed by atoms with Crippen LogP contribution in [0.1, 0.15) is 41.0 Å². The van der Waals surface area contributed by atoms with Crippen molar-refractivity contribution in [3.8, 4) is 0 Å². The summed E-state index contributed by atoms with van der Waals surface area (Å²) in [6, 6.07) is 15.4. The fourth-order valence-corrected chi connectivity index (χ4v) is 4.18. The molecule has 2 aromatic carbocycles. The molecule has 1 fully saturated rings. The molecule has 0 spiro atoms. The second kappa shape index (κ2) is 7.22. The predicted molar refractivity (Wildman–Crippen MR) is 114 cm³/mol. The van der Waals surface area contributed by atoms with E-state index in [2.05, 4.69) is 20.3 Å². The molecule has 0 saturated heterocycles. The van der Waals surface area contributed by atoms with Gasteiger partial charge in [-0.05, 0) is 54.8 Å². The number of carbonyl (C=O) groups excluding carboxylic acids is 1. The van der Waals surface area contributed by atoms with Crippen molar-refractivity contribution in [3.05, 3.63) is 88.6 Å². The van der Waals surface area contributed by atoms with Crippen molar-refractivity contribution < 1.29 is 9.18 Å². The Hall–Kier alpha value is -3.25. The number of benzene rings is 2. The SMILES string of the molecule is O=C(Nc1ccc(C2(c3nc4cccc(F)c4[nH]3)CCC2)cn1)c1cccc(Cl)c1. The molecule has 0 bridgehead atoms. The number of aromatic nitrogens is 3. The second-order valence-electron chi connectivity index (χ2n) is 7.55. The number of H-pyrrole nitrogens is 1. The van der Waals surface area contributed by atoms with E-state index in [4.69, 9.17) is 11.6 Å². The predicted octanol–water partition coefficient (Wildman–Crippen LogP) is 5.47. The van der Waals surface area contributed by atoms with E-state index in [0.717, 1.165) is 30.7 Å². The smallest absolute Gasteiger partial charge is 0.256 e. The van der Waals surface area contributed by atoms with Gasteiger partial charge in [-0.1, -0.05) is 36.2 Å².